The first-order valence-corrected chi connectivity index (χ1v) is 21.5. The number of nitrogens with one attached hydrogen (secondary N) is 4. The predicted molar refractivity (Wildman–Crippen MR) is 235 cm³/mol. The van der Waals surface area contributed by atoms with Gasteiger partial charge in [0.05, 0.1) is 18.4 Å². The van der Waals surface area contributed by atoms with Crippen molar-refractivity contribution >= 4 is 53.7 Å². The van der Waals surface area contributed by atoms with Gasteiger partial charge >= 0.3 is 24.1 Å². The molecule has 13 amide bonds. The van der Waals surface area contributed by atoms with Crippen LogP contribution in [0.3, 0.4) is 0 Å². The zero-order valence-electron chi connectivity index (χ0n) is 40.5. The van der Waals surface area contributed by atoms with Gasteiger partial charge in [0.2, 0.25) is 23.6 Å². The molecular formula is C42H77N11O9. The van der Waals surface area contributed by atoms with Crippen LogP contribution in [0.1, 0.15) is 102 Å². The summed E-state index contributed by atoms with van der Waals surface area (Å²) in [5, 5.41) is 11.4. The number of carbonyl (C=O) groups is 9. The second-order valence-electron chi connectivity index (χ2n) is 18.2. The fraction of sp³-hybridized carbons (Fsp3) is 0.786. The number of rotatable bonds is 8. The van der Waals surface area contributed by atoms with E-state index in [1.165, 1.54) is 33.0 Å². The Morgan fingerprint density at radius 2 is 0.984 bits per heavy atom. The first kappa shape index (κ1) is 55.2. The van der Waals surface area contributed by atoms with E-state index >= 15 is 0 Å². The van der Waals surface area contributed by atoms with Crippen molar-refractivity contribution in [3.8, 4) is 0 Å². The molecule has 0 aliphatic carbocycles. The summed E-state index contributed by atoms with van der Waals surface area (Å²) in [6, 6.07) is -9.81. The Bertz CT molecular complexity index is 1620. The quantitative estimate of drug-likeness (QED) is 0.278. The Labute approximate surface area is 369 Å². The van der Waals surface area contributed by atoms with Crippen molar-refractivity contribution in [2.45, 2.75) is 144 Å². The van der Waals surface area contributed by atoms with Crippen LogP contribution in [0, 0.1) is 23.7 Å². The van der Waals surface area contributed by atoms with Crippen LogP contribution in [0.4, 0.5) is 19.2 Å². The molecule has 4 N–H and O–H groups in total. The summed E-state index contributed by atoms with van der Waals surface area (Å²) in [5.74, 6) is -3.09. The third-order valence-electron chi connectivity index (χ3n) is 11.2. The van der Waals surface area contributed by atoms with E-state index in [4.69, 9.17) is 0 Å². The zero-order valence-corrected chi connectivity index (χ0v) is 40.5. The minimum absolute atomic E-state index is 0.0274. The number of imide groups is 4. The smallest absolute Gasteiger partial charge is 0.335 e. The van der Waals surface area contributed by atoms with Crippen molar-refractivity contribution in [2.24, 2.45) is 23.7 Å². The van der Waals surface area contributed by atoms with E-state index in [-0.39, 0.29) is 42.9 Å². The molecule has 1 aliphatic heterocycles. The number of nitrogens with zero attached hydrogens (tertiary/aromatic N) is 7. The molecule has 0 saturated carbocycles. The molecule has 0 bridgehead atoms. The van der Waals surface area contributed by atoms with Crippen LogP contribution in [0.25, 0.3) is 0 Å². The molecule has 0 aromatic rings. The van der Waals surface area contributed by atoms with Crippen LogP contribution in [0.15, 0.2) is 0 Å². The fourth-order valence-electron chi connectivity index (χ4n) is 7.30. The van der Waals surface area contributed by atoms with Gasteiger partial charge in [0.25, 0.3) is 5.91 Å². The van der Waals surface area contributed by atoms with Gasteiger partial charge in [-0.2, -0.15) is 0 Å². The first-order valence-electron chi connectivity index (χ1n) is 21.5. The molecule has 0 aromatic heterocycles. The standard InChI is InChI=1S/C42H77N11O9/c1-19-29-37(57)47(12)30(20-23(2)3)35(55)45-33(26(8)9)50(15)32(22-25(6)7)43-27(10)34(54)44-28(11)36(56)48(13)31(21-24(4)5)38(58)51(16)41(61)53(18)42(62)52(17)40(60)46-39(59)49(29)14/h23-33,43H,19-22H2,1-18H3,(H,44,54)(H,45,55)(H,46,59,60)/t27-,28-,29-,30+,31-,32-,33?/m1/s1. The second kappa shape index (κ2) is 24.1. The van der Waals surface area contributed by atoms with Crippen LogP contribution in [-0.2, 0) is 24.0 Å². The van der Waals surface area contributed by atoms with Crippen molar-refractivity contribution in [1.82, 2.24) is 55.6 Å². The fourth-order valence-corrected chi connectivity index (χ4v) is 7.30. The van der Waals surface area contributed by atoms with Crippen LogP contribution in [0.2, 0.25) is 0 Å². The molecule has 1 rings (SSSR count). The molecule has 20 heteroatoms. The minimum Gasteiger partial charge on any atom is -0.343 e. The predicted octanol–water partition coefficient (Wildman–Crippen LogP) is 2.73. The maximum absolute atomic E-state index is 14.3. The highest BCUT2D eigenvalue weighted by atomic mass is 16.2. The maximum Gasteiger partial charge on any atom is 0.335 e. The van der Waals surface area contributed by atoms with Gasteiger partial charge in [-0.3, -0.25) is 44.4 Å². The number of carbonyl (C=O) groups excluding carboxylic acids is 9. The molecule has 1 heterocycles. The van der Waals surface area contributed by atoms with E-state index in [1.54, 1.807) is 13.8 Å². The first-order chi connectivity index (χ1) is 28.5. The molecular weight excluding hydrogens is 803 g/mol. The van der Waals surface area contributed by atoms with Gasteiger partial charge < -0.3 is 25.3 Å². The zero-order chi connectivity index (χ0) is 48.2. The molecule has 7 atom stereocenters. The van der Waals surface area contributed by atoms with Gasteiger partial charge in [-0.15, -0.1) is 0 Å². The Morgan fingerprint density at radius 1 is 0.500 bits per heavy atom. The summed E-state index contributed by atoms with van der Waals surface area (Å²) in [6.45, 7) is 20.2. The minimum atomic E-state index is -1.23. The third kappa shape index (κ3) is 14.6. The highest BCUT2D eigenvalue weighted by molar-refractivity contribution is 6.08. The van der Waals surface area contributed by atoms with E-state index in [1.807, 2.05) is 67.3 Å². The summed E-state index contributed by atoms with van der Waals surface area (Å²) < 4.78 is 0. The molecule has 20 nitrogen and oxygen atoms in total. The number of likely N-dealkylation sites (N-methyl/N-ethyl adjacent to an activating group) is 4. The summed E-state index contributed by atoms with van der Waals surface area (Å²) >= 11 is 0. The van der Waals surface area contributed by atoms with E-state index in [9.17, 15) is 43.2 Å². The van der Waals surface area contributed by atoms with Crippen LogP contribution in [-0.4, -0.2) is 180 Å². The average Bonchev–Trinajstić information content (AvgIpc) is 3.19. The van der Waals surface area contributed by atoms with Gasteiger partial charge in [-0.25, -0.2) is 29.0 Å². The summed E-state index contributed by atoms with van der Waals surface area (Å²) in [5.41, 5.74) is 0. The molecule has 62 heavy (non-hydrogen) atoms. The monoisotopic (exact) mass is 880 g/mol. The van der Waals surface area contributed by atoms with Crippen molar-refractivity contribution in [1.29, 1.82) is 0 Å². The average molecular weight is 880 g/mol. The molecule has 0 aromatic carbocycles. The van der Waals surface area contributed by atoms with Crippen molar-refractivity contribution in [3.63, 3.8) is 0 Å². The Balaban J connectivity index is 3.91. The molecule has 0 spiro atoms. The SMILES string of the molecule is CC[C@@H]1C(=O)N(C)[C@@H](CC(C)C)C(=O)NC(C(C)C)N(C)[C@H](CC(C)C)N[C@H](C)C(=O)N[C@H](C)C(=O)N(C)[C@H](CC(C)C)C(=O)N(C)C(=O)N(C)C(=O)N(C)C(=O)NC(=O)N1C. The number of urea groups is 4. The van der Waals surface area contributed by atoms with E-state index in [0.29, 0.717) is 21.1 Å². The topological polar surface area (TPSA) is 224 Å². The molecule has 1 aliphatic rings. The largest absolute Gasteiger partial charge is 0.343 e. The highest BCUT2D eigenvalue weighted by Gasteiger charge is 2.40. The van der Waals surface area contributed by atoms with Crippen LogP contribution in [0.5, 0.6) is 0 Å². The lowest BCUT2D eigenvalue weighted by atomic mass is 9.99. The molecule has 0 radical (unpaired) electrons. The van der Waals surface area contributed by atoms with Gasteiger partial charge in [0, 0.05) is 42.3 Å². The van der Waals surface area contributed by atoms with Gasteiger partial charge in [-0.1, -0.05) is 62.3 Å². The lowest BCUT2D eigenvalue weighted by Crippen LogP contribution is -2.63. The van der Waals surface area contributed by atoms with Crippen LogP contribution < -0.4 is 21.3 Å². The Morgan fingerprint density at radius 3 is 1.47 bits per heavy atom. The summed E-state index contributed by atoms with van der Waals surface area (Å²) in [7, 11) is 9.21. The van der Waals surface area contributed by atoms with Gasteiger partial charge in [0.1, 0.15) is 24.2 Å². The van der Waals surface area contributed by atoms with Crippen molar-refractivity contribution in [3.05, 3.63) is 0 Å². The van der Waals surface area contributed by atoms with Crippen molar-refractivity contribution in [2.75, 3.05) is 49.3 Å². The summed E-state index contributed by atoms with van der Waals surface area (Å²) in [4.78, 5) is 131. The highest BCUT2D eigenvalue weighted by Crippen LogP contribution is 2.20. The number of hydrogen-bond acceptors (Lipinski definition) is 11. The molecule has 354 valence electrons. The number of amides is 13. The van der Waals surface area contributed by atoms with Crippen LogP contribution >= 0.6 is 0 Å². The molecule has 1 saturated heterocycles. The lowest BCUT2D eigenvalue weighted by Gasteiger charge is -2.41. The Kier molecular flexibility index (Phi) is 21.5. The summed E-state index contributed by atoms with van der Waals surface area (Å²) in [6.07, 6.45) is 0.0420. The van der Waals surface area contributed by atoms with E-state index in [0.717, 1.165) is 30.9 Å². The lowest BCUT2D eigenvalue weighted by molar-refractivity contribution is -0.144. The van der Waals surface area contributed by atoms with Gasteiger partial charge in [-0.05, 0) is 70.3 Å². The Hall–Kier alpha value is -4.85. The van der Waals surface area contributed by atoms with E-state index < -0.39 is 96.2 Å². The van der Waals surface area contributed by atoms with Gasteiger partial charge in [0.15, 0.2) is 0 Å². The molecule has 1 unspecified atom stereocenters. The van der Waals surface area contributed by atoms with Crippen molar-refractivity contribution < 1.29 is 43.2 Å². The second-order valence-corrected chi connectivity index (χ2v) is 18.2. The number of hydrogen-bond donors (Lipinski definition) is 4. The maximum atomic E-state index is 14.3. The van der Waals surface area contributed by atoms with E-state index in [2.05, 4.69) is 21.3 Å². The molecule has 1 fully saturated rings. The third-order valence-corrected chi connectivity index (χ3v) is 11.2. The normalized spacial score (nSPS) is 26.6.